The van der Waals surface area contributed by atoms with Gasteiger partial charge in [-0.1, -0.05) is 6.92 Å². The summed E-state index contributed by atoms with van der Waals surface area (Å²) in [5, 5.41) is 0. The third-order valence-electron chi connectivity index (χ3n) is 4.09. The molecule has 0 saturated carbocycles. The Morgan fingerprint density at radius 1 is 1.40 bits per heavy atom. The summed E-state index contributed by atoms with van der Waals surface area (Å²) >= 11 is 0. The summed E-state index contributed by atoms with van der Waals surface area (Å²) in [4.78, 5) is 21.0. The molecule has 110 valence electrons. The van der Waals surface area contributed by atoms with Gasteiger partial charge >= 0.3 is 0 Å². The lowest BCUT2D eigenvalue weighted by Gasteiger charge is -2.37. The largest absolute Gasteiger partial charge is 0.336 e. The quantitative estimate of drug-likeness (QED) is 0.894. The average Bonchev–Trinajstić information content (AvgIpc) is 2.53. The number of nitrogens with two attached hydrogens (primary N) is 1. The summed E-state index contributed by atoms with van der Waals surface area (Å²) in [5.74, 6) is 0.0888. The van der Waals surface area contributed by atoms with Crippen LogP contribution in [0.5, 0.6) is 0 Å². The zero-order chi connectivity index (χ0) is 14.5. The Balaban J connectivity index is 1.97. The van der Waals surface area contributed by atoms with Gasteiger partial charge in [-0.25, -0.2) is 0 Å². The fourth-order valence-electron chi connectivity index (χ4n) is 2.53. The summed E-state index contributed by atoms with van der Waals surface area (Å²) in [6, 6.07) is 4.16. The van der Waals surface area contributed by atoms with Crippen LogP contribution >= 0.6 is 0 Å². The molecule has 1 amide bonds. The first kappa shape index (κ1) is 14.9. The number of carbonyl (C=O) groups excluding carboxylic acids is 1. The number of nitrogens with zero attached hydrogens (tertiary/aromatic N) is 3. The Kier molecular flexibility index (Phi) is 5.09. The van der Waals surface area contributed by atoms with Gasteiger partial charge in [0.25, 0.3) is 5.91 Å². The molecule has 1 aromatic rings. The molecule has 0 radical (unpaired) electrons. The molecule has 5 heteroatoms. The van der Waals surface area contributed by atoms with Crippen molar-refractivity contribution in [2.24, 2.45) is 5.73 Å². The minimum absolute atomic E-state index is 0.0888. The van der Waals surface area contributed by atoms with Crippen LogP contribution in [0.2, 0.25) is 0 Å². The van der Waals surface area contributed by atoms with E-state index in [9.17, 15) is 4.79 Å². The third-order valence-corrected chi connectivity index (χ3v) is 4.09. The van der Waals surface area contributed by atoms with E-state index in [-0.39, 0.29) is 5.91 Å². The highest BCUT2D eigenvalue weighted by Gasteiger charge is 2.24. The van der Waals surface area contributed by atoms with Crippen LogP contribution in [0.15, 0.2) is 18.3 Å². The molecule has 1 aliphatic heterocycles. The van der Waals surface area contributed by atoms with Gasteiger partial charge < -0.3 is 10.6 Å². The minimum Gasteiger partial charge on any atom is -0.336 e. The summed E-state index contributed by atoms with van der Waals surface area (Å²) in [6.07, 6.45) is 2.81. The fraction of sp³-hybridized carbons (Fsp3) is 0.600. The van der Waals surface area contributed by atoms with Gasteiger partial charge in [-0.15, -0.1) is 0 Å². The number of carbonyl (C=O) groups is 1. The molecular weight excluding hydrogens is 252 g/mol. The summed E-state index contributed by atoms with van der Waals surface area (Å²) in [6.45, 7) is 8.31. The predicted molar refractivity (Wildman–Crippen MR) is 79.4 cm³/mol. The first-order valence-corrected chi connectivity index (χ1v) is 7.34. The lowest BCUT2D eigenvalue weighted by atomic mass is 10.1. The van der Waals surface area contributed by atoms with Crippen molar-refractivity contribution >= 4 is 5.91 Å². The SMILES string of the molecule is CCC(C)N1CCN(C(=O)c2ccnc(CN)c2)CC1. The number of aromatic nitrogens is 1. The molecule has 1 aromatic heterocycles. The van der Waals surface area contributed by atoms with Gasteiger partial charge in [0.1, 0.15) is 0 Å². The van der Waals surface area contributed by atoms with E-state index in [2.05, 4.69) is 23.7 Å². The van der Waals surface area contributed by atoms with Crippen LogP contribution in [0.1, 0.15) is 36.3 Å². The first-order chi connectivity index (χ1) is 9.65. The van der Waals surface area contributed by atoms with Gasteiger partial charge in [-0.2, -0.15) is 0 Å². The van der Waals surface area contributed by atoms with Crippen molar-refractivity contribution in [3.63, 3.8) is 0 Å². The van der Waals surface area contributed by atoms with Gasteiger partial charge in [-0.05, 0) is 25.5 Å². The lowest BCUT2D eigenvalue weighted by molar-refractivity contribution is 0.0579. The summed E-state index contributed by atoms with van der Waals surface area (Å²) < 4.78 is 0. The second-order valence-electron chi connectivity index (χ2n) is 5.33. The van der Waals surface area contributed by atoms with Crippen LogP contribution in [0.25, 0.3) is 0 Å². The molecule has 1 atom stereocenters. The summed E-state index contributed by atoms with van der Waals surface area (Å²) in [5.41, 5.74) is 7.02. The molecular formula is C15H24N4O. The van der Waals surface area contributed by atoms with Crippen LogP contribution in [0.4, 0.5) is 0 Å². The maximum absolute atomic E-state index is 12.5. The van der Waals surface area contributed by atoms with E-state index < -0.39 is 0 Å². The molecule has 0 bridgehead atoms. The second kappa shape index (κ2) is 6.81. The van der Waals surface area contributed by atoms with Gasteiger partial charge in [0.15, 0.2) is 0 Å². The Morgan fingerprint density at radius 2 is 2.10 bits per heavy atom. The van der Waals surface area contributed by atoms with Crippen LogP contribution in [0, 0.1) is 0 Å². The van der Waals surface area contributed by atoms with E-state index in [1.54, 1.807) is 18.3 Å². The molecule has 2 rings (SSSR count). The van der Waals surface area contributed by atoms with Crippen LogP contribution < -0.4 is 5.73 Å². The minimum atomic E-state index is 0.0888. The van der Waals surface area contributed by atoms with Gasteiger partial charge in [0.05, 0.1) is 5.69 Å². The fourth-order valence-corrected chi connectivity index (χ4v) is 2.53. The van der Waals surface area contributed by atoms with E-state index in [0.29, 0.717) is 18.2 Å². The number of hydrogen-bond acceptors (Lipinski definition) is 4. The Morgan fingerprint density at radius 3 is 2.70 bits per heavy atom. The Labute approximate surface area is 120 Å². The molecule has 0 aliphatic carbocycles. The van der Waals surface area contributed by atoms with Crippen LogP contribution in [-0.4, -0.2) is 52.9 Å². The monoisotopic (exact) mass is 276 g/mol. The smallest absolute Gasteiger partial charge is 0.254 e. The zero-order valence-corrected chi connectivity index (χ0v) is 12.4. The molecule has 1 saturated heterocycles. The van der Waals surface area contributed by atoms with E-state index >= 15 is 0 Å². The predicted octanol–water partition coefficient (Wildman–Crippen LogP) is 1.10. The highest BCUT2D eigenvalue weighted by molar-refractivity contribution is 5.94. The molecule has 1 fully saturated rings. The standard InChI is InChI=1S/C15H24N4O/c1-3-12(2)18-6-8-19(9-7-18)15(20)13-4-5-17-14(10-13)11-16/h4-5,10,12H,3,6-9,11,16H2,1-2H3. The van der Waals surface area contributed by atoms with E-state index in [1.807, 2.05) is 4.90 Å². The van der Waals surface area contributed by atoms with Gasteiger partial charge in [0, 0.05) is 50.5 Å². The lowest BCUT2D eigenvalue weighted by Crippen LogP contribution is -2.51. The van der Waals surface area contributed by atoms with Crippen LogP contribution in [-0.2, 0) is 6.54 Å². The zero-order valence-electron chi connectivity index (χ0n) is 12.4. The van der Waals surface area contributed by atoms with Crippen molar-refractivity contribution < 1.29 is 4.79 Å². The number of piperazine rings is 1. The van der Waals surface area contributed by atoms with Gasteiger partial charge in [-0.3, -0.25) is 14.7 Å². The number of amides is 1. The summed E-state index contributed by atoms with van der Waals surface area (Å²) in [7, 11) is 0. The molecule has 2 heterocycles. The number of pyridine rings is 1. The van der Waals surface area contributed by atoms with Crippen molar-refractivity contribution in [3.8, 4) is 0 Å². The third kappa shape index (κ3) is 3.35. The molecule has 1 unspecified atom stereocenters. The average molecular weight is 276 g/mol. The van der Waals surface area contributed by atoms with Crippen molar-refractivity contribution in [3.05, 3.63) is 29.6 Å². The molecule has 2 N–H and O–H groups in total. The molecule has 1 aliphatic rings. The van der Waals surface area contributed by atoms with Crippen molar-refractivity contribution in [1.82, 2.24) is 14.8 Å². The maximum Gasteiger partial charge on any atom is 0.254 e. The highest BCUT2D eigenvalue weighted by atomic mass is 16.2. The number of rotatable bonds is 4. The van der Waals surface area contributed by atoms with E-state index in [0.717, 1.165) is 38.3 Å². The van der Waals surface area contributed by atoms with E-state index in [1.165, 1.54) is 0 Å². The molecule has 20 heavy (non-hydrogen) atoms. The van der Waals surface area contributed by atoms with Gasteiger partial charge in [0.2, 0.25) is 0 Å². The molecule has 5 nitrogen and oxygen atoms in total. The second-order valence-corrected chi connectivity index (χ2v) is 5.33. The van der Waals surface area contributed by atoms with Crippen molar-refractivity contribution in [2.45, 2.75) is 32.9 Å². The Bertz CT molecular complexity index is 455. The molecule has 0 aromatic carbocycles. The highest BCUT2D eigenvalue weighted by Crippen LogP contribution is 2.12. The topological polar surface area (TPSA) is 62.5 Å². The molecule has 0 spiro atoms. The normalized spacial score (nSPS) is 18.1. The Hall–Kier alpha value is -1.46. The van der Waals surface area contributed by atoms with Crippen molar-refractivity contribution in [2.75, 3.05) is 26.2 Å². The first-order valence-electron chi connectivity index (χ1n) is 7.34. The maximum atomic E-state index is 12.5. The number of hydrogen-bond donors (Lipinski definition) is 1. The van der Waals surface area contributed by atoms with E-state index in [4.69, 9.17) is 5.73 Å². The van der Waals surface area contributed by atoms with Crippen LogP contribution in [0.3, 0.4) is 0 Å². The van der Waals surface area contributed by atoms with Crippen molar-refractivity contribution in [1.29, 1.82) is 0 Å².